The number of nitrogens with zero attached hydrogens (tertiary/aromatic N) is 2. The van der Waals surface area contributed by atoms with E-state index >= 15 is 0 Å². The van der Waals surface area contributed by atoms with Gasteiger partial charge in [-0.3, -0.25) is 4.79 Å². The van der Waals surface area contributed by atoms with Crippen molar-refractivity contribution in [3.05, 3.63) is 62.9 Å². The van der Waals surface area contributed by atoms with Gasteiger partial charge in [-0.2, -0.15) is 0 Å². The number of aryl methyl sites for hydroxylation is 3. The molecule has 0 atom stereocenters. The lowest BCUT2D eigenvalue weighted by molar-refractivity contribution is 0.540. The van der Waals surface area contributed by atoms with Crippen LogP contribution in [0.4, 0.5) is 0 Å². The molecule has 0 radical (unpaired) electrons. The SMILES string of the molecule is Cc1ccc(-c2nc(CSc3nc4c(c(=O)[nH]3)CCCC4)c(C)o2)cc1. The van der Waals surface area contributed by atoms with Gasteiger partial charge in [0.2, 0.25) is 5.89 Å². The number of hydrogen-bond donors (Lipinski definition) is 1. The molecule has 3 aromatic rings. The van der Waals surface area contributed by atoms with Gasteiger partial charge in [0.05, 0.1) is 11.4 Å². The van der Waals surface area contributed by atoms with Crippen molar-refractivity contribution in [1.29, 1.82) is 0 Å². The minimum Gasteiger partial charge on any atom is -0.441 e. The molecule has 1 aliphatic carbocycles. The molecule has 0 bridgehead atoms. The van der Waals surface area contributed by atoms with E-state index in [9.17, 15) is 4.79 Å². The highest BCUT2D eigenvalue weighted by atomic mass is 32.2. The third kappa shape index (κ3) is 3.46. The van der Waals surface area contributed by atoms with Crippen molar-refractivity contribution in [2.75, 3.05) is 0 Å². The van der Waals surface area contributed by atoms with Crippen LogP contribution in [0.5, 0.6) is 0 Å². The Morgan fingerprint density at radius 3 is 2.69 bits per heavy atom. The summed E-state index contributed by atoms with van der Waals surface area (Å²) in [5, 5.41) is 0.662. The first-order chi connectivity index (χ1) is 12.6. The summed E-state index contributed by atoms with van der Waals surface area (Å²) in [6.07, 6.45) is 3.92. The molecule has 2 heterocycles. The first-order valence-corrected chi connectivity index (χ1v) is 9.87. The van der Waals surface area contributed by atoms with Gasteiger partial charge in [-0.05, 0) is 51.7 Å². The van der Waals surface area contributed by atoms with Crippen LogP contribution in [0.3, 0.4) is 0 Å². The van der Waals surface area contributed by atoms with Crippen LogP contribution in [0.1, 0.15) is 41.1 Å². The molecule has 0 saturated carbocycles. The lowest BCUT2D eigenvalue weighted by Gasteiger charge is -2.14. The summed E-state index contributed by atoms with van der Waals surface area (Å²) in [6.45, 7) is 3.97. The van der Waals surface area contributed by atoms with Crippen LogP contribution >= 0.6 is 11.8 Å². The van der Waals surface area contributed by atoms with Crippen molar-refractivity contribution in [3.8, 4) is 11.5 Å². The molecule has 6 heteroatoms. The zero-order valence-electron chi connectivity index (χ0n) is 15.0. The largest absolute Gasteiger partial charge is 0.441 e. The molecule has 2 aromatic heterocycles. The summed E-state index contributed by atoms with van der Waals surface area (Å²) in [5.74, 6) is 2.04. The Labute approximate surface area is 156 Å². The van der Waals surface area contributed by atoms with Gasteiger partial charge in [0.1, 0.15) is 5.76 Å². The van der Waals surface area contributed by atoms with Crippen molar-refractivity contribution >= 4 is 11.8 Å². The fourth-order valence-corrected chi connectivity index (χ4v) is 4.05. The molecule has 1 aromatic carbocycles. The summed E-state index contributed by atoms with van der Waals surface area (Å²) in [5.41, 5.74) is 4.88. The third-order valence-corrected chi connectivity index (χ3v) is 5.59. The Balaban J connectivity index is 1.52. The molecule has 0 amide bonds. The van der Waals surface area contributed by atoms with Gasteiger partial charge in [0.25, 0.3) is 5.56 Å². The number of rotatable bonds is 4. The molecular weight excluding hydrogens is 346 g/mol. The van der Waals surface area contributed by atoms with Crippen molar-refractivity contribution in [2.24, 2.45) is 0 Å². The lowest BCUT2D eigenvalue weighted by Crippen LogP contribution is -2.21. The second-order valence-electron chi connectivity index (χ2n) is 6.68. The summed E-state index contributed by atoms with van der Waals surface area (Å²) in [7, 11) is 0. The first kappa shape index (κ1) is 17.1. The summed E-state index contributed by atoms with van der Waals surface area (Å²) >= 11 is 1.50. The van der Waals surface area contributed by atoms with E-state index in [1.54, 1.807) is 0 Å². The van der Waals surface area contributed by atoms with E-state index in [0.717, 1.165) is 54.0 Å². The Morgan fingerprint density at radius 1 is 1.12 bits per heavy atom. The number of aromatic nitrogens is 3. The predicted molar refractivity (Wildman–Crippen MR) is 102 cm³/mol. The molecule has 0 spiro atoms. The maximum Gasteiger partial charge on any atom is 0.254 e. The fraction of sp³-hybridized carbons (Fsp3) is 0.350. The molecule has 134 valence electrons. The van der Waals surface area contributed by atoms with E-state index in [2.05, 4.69) is 21.9 Å². The van der Waals surface area contributed by atoms with Gasteiger partial charge in [0, 0.05) is 16.9 Å². The molecule has 1 aliphatic rings. The first-order valence-electron chi connectivity index (χ1n) is 8.88. The Morgan fingerprint density at radius 2 is 1.88 bits per heavy atom. The summed E-state index contributed by atoms with van der Waals surface area (Å²) in [4.78, 5) is 24.4. The average molecular weight is 367 g/mol. The van der Waals surface area contributed by atoms with Crippen LogP contribution in [0.2, 0.25) is 0 Å². The summed E-state index contributed by atoms with van der Waals surface area (Å²) < 4.78 is 5.83. The van der Waals surface area contributed by atoms with E-state index in [4.69, 9.17) is 4.42 Å². The Hall–Kier alpha value is -2.34. The van der Waals surface area contributed by atoms with Gasteiger partial charge in [-0.25, -0.2) is 9.97 Å². The van der Waals surface area contributed by atoms with Gasteiger partial charge >= 0.3 is 0 Å². The molecule has 0 saturated heterocycles. The number of aromatic amines is 1. The topological polar surface area (TPSA) is 71.8 Å². The van der Waals surface area contributed by atoms with E-state index in [0.29, 0.717) is 16.8 Å². The van der Waals surface area contributed by atoms with E-state index < -0.39 is 0 Å². The maximum absolute atomic E-state index is 12.2. The molecule has 0 fully saturated rings. The smallest absolute Gasteiger partial charge is 0.254 e. The minimum atomic E-state index is 0.00872. The second kappa shape index (κ2) is 7.11. The number of hydrogen-bond acceptors (Lipinski definition) is 5. The van der Waals surface area contributed by atoms with E-state index in [-0.39, 0.29) is 5.56 Å². The molecule has 0 unspecified atom stereocenters. The number of fused-ring (bicyclic) bond motifs is 1. The molecule has 0 aliphatic heterocycles. The zero-order chi connectivity index (χ0) is 18.1. The number of H-pyrrole nitrogens is 1. The van der Waals surface area contributed by atoms with Crippen LogP contribution in [0.15, 0.2) is 38.6 Å². The number of nitrogens with one attached hydrogen (secondary N) is 1. The van der Waals surface area contributed by atoms with Crippen molar-refractivity contribution in [1.82, 2.24) is 15.0 Å². The Kier molecular flexibility index (Phi) is 4.68. The lowest BCUT2D eigenvalue weighted by atomic mass is 9.97. The fourth-order valence-electron chi connectivity index (χ4n) is 3.17. The third-order valence-electron chi connectivity index (χ3n) is 4.71. The van der Waals surface area contributed by atoms with Crippen molar-refractivity contribution < 1.29 is 4.42 Å². The minimum absolute atomic E-state index is 0.00872. The average Bonchev–Trinajstić information content (AvgIpc) is 3.01. The van der Waals surface area contributed by atoms with Crippen molar-refractivity contribution in [3.63, 3.8) is 0 Å². The van der Waals surface area contributed by atoms with Gasteiger partial charge in [-0.15, -0.1) is 0 Å². The monoisotopic (exact) mass is 367 g/mol. The van der Waals surface area contributed by atoms with Gasteiger partial charge < -0.3 is 9.40 Å². The molecule has 26 heavy (non-hydrogen) atoms. The highest BCUT2D eigenvalue weighted by Gasteiger charge is 2.17. The number of benzene rings is 1. The molecule has 5 nitrogen and oxygen atoms in total. The van der Waals surface area contributed by atoms with Crippen LogP contribution in [0, 0.1) is 13.8 Å². The highest BCUT2D eigenvalue weighted by Crippen LogP contribution is 2.27. The van der Waals surface area contributed by atoms with Crippen LogP contribution < -0.4 is 5.56 Å². The zero-order valence-corrected chi connectivity index (χ0v) is 15.8. The van der Waals surface area contributed by atoms with Gasteiger partial charge in [-0.1, -0.05) is 29.5 Å². The standard InChI is InChI=1S/C20H21N3O2S/c1-12-7-9-14(10-8-12)19-21-17(13(2)25-19)11-26-20-22-16-6-4-3-5-15(16)18(24)23-20/h7-10H,3-6,11H2,1-2H3,(H,22,23,24). The van der Waals surface area contributed by atoms with E-state index in [1.165, 1.54) is 17.3 Å². The van der Waals surface area contributed by atoms with Gasteiger partial charge in [0.15, 0.2) is 5.16 Å². The second-order valence-corrected chi connectivity index (χ2v) is 7.64. The van der Waals surface area contributed by atoms with Crippen LogP contribution in [-0.4, -0.2) is 15.0 Å². The number of oxazole rings is 1. The summed E-state index contributed by atoms with van der Waals surface area (Å²) in [6, 6.07) is 8.12. The number of thioether (sulfide) groups is 1. The van der Waals surface area contributed by atoms with Crippen molar-refractivity contribution in [2.45, 2.75) is 50.4 Å². The van der Waals surface area contributed by atoms with E-state index in [1.807, 2.05) is 31.2 Å². The molecular formula is C20H21N3O2S. The maximum atomic E-state index is 12.2. The van der Waals surface area contributed by atoms with Crippen LogP contribution in [-0.2, 0) is 18.6 Å². The molecule has 1 N–H and O–H groups in total. The highest BCUT2D eigenvalue weighted by molar-refractivity contribution is 7.98. The molecule has 4 rings (SSSR count). The Bertz CT molecular complexity index is 989. The van der Waals surface area contributed by atoms with Crippen LogP contribution in [0.25, 0.3) is 11.5 Å². The quantitative estimate of drug-likeness (QED) is 0.552. The predicted octanol–water partition coefficient (Wildman–Crippen LogP) is 4.21. The normalized spacial score (nSPS) is 13.6.